The zero-order valence-electron chi connectivity index (χ0n) is 12.1. The summed E-state index contributed by atoms with van der Waals surface area (Å²) in [5.74, 6) is 0.434. The molecule has 0 bridgehead atoms. The summed E-state index contributed by atoms with van der Waals surface area (Å²) in [7, 11) is 0. The molecule has 0 amide bonds. The maximum Gasteiger partial charge on any atom is 0.363 e. The molecule has 1 N–H and O–H groups in total. The first kappa shape index (κ1) is 14.7. The third kappa shape index (κ3) is 3.90. The van der Waals surface area contributed by atoms with Gasteiger partial charge in [-0.3, -0.25) is 0 Å². The second kappa shape index (κ2) is 6.65. The first-order valence-electron chi connectivity index (χ1n) is 7.15. The van der Waals surface area contributed by atoms with Gasteiger partial charge in [0.15, 0.2) is 6.20 Å². The van der Waals surface area contributed by atoms with Crippen molar-refractivity contribution in [2.45, 2.75) is 32.7 Å². The molecule has 1 aromatic rings. The highest BCUT2D eigenvalue weighted by atomic mass is 16.6. The lowest BCUT2D eigenvalue weighted by Crippen LogP contribution is -2.39. The molecule has 1 aliphatic heterocycles. The smallest absolute Gasteiger partial charge is 0.363 e. The highest BCUT2D eigenvalue weighted by Crippen LogP contribution is 2.19. The molecule has 1 fully saturated rings. The summed E-state index contributed by atoms with van der Waals surface area (Å²) in [6, 6.07) is 3.77. The Morgan fingerprint density at radius 2 is 2.35 bits per heavy atom. The molecule has 0 saturated carbocycles. The van der Waals surface area contributed by atoms with Crippen molar-refractivity contribution in [1.82, 2.24) is 10.3 Å². The largest absolute Gasteiger partial charge is 0.367 e. The van der Waals surface area contributed by atoms with Crippen molar-refractivity contribution < 1.29 is 4.92 Å². The van der Waals surface area contributed by atoms with Crippen LogP contribution in [0.3, 0.4) is 0 Å². The fourth-order valence-electron chi connectivity index (χ4n) is 2.58. The van der Waals surface area contributed by atoms with Crippen LogP contribution in [0.2, 0.25) is 0 Å². The van der Waals surface area contributed by atoms with E-state index in [1.807, 2.05) is 0 Å². The van der Waals surface area contributed by atoms with E-state index in [0.29, 0.717) is 12.0 Å². The number of rotatable bonds is 6. The molecule has 0 aromatic carbocycles. The van der Waals surface area contributed by atoms with Crippen LogP contribution in [0.25, 0.3) is 0 Å². The number of nitrogens with one attached hydrogen (secondary N) is 1. The third-order valence-electron chi connectivity index (χ3n) is 3.47. The van der Waals surface area contributed by atoms with E-state index in [1.165, 1.54) is 18.9 Å². The summed E-state index contributed by atoms with van der Waals surface area (Å²) in [4.78, 5) is 16.4. The highest BCUT2D eigenvalue weighted by molar-refractivity contribution is 5.46. The van der Waals surface area contributed by atoms with Crippen LogP contribution in [0.5, 0.6) is 0 Å². The van der Waals surface area contributed by atoms with Crippen LogP contribution in [0, 0.1) is 16.0 Å². The van der Waals surface area contributed by atoms with Gasteiger partial charge < -0.3 is 20.3 Å². The molecule has 1 unspecified atom stereocenters. The lowest BCUT2D eigenvalue weighted by Gasteiger charge is -2.28. The minimum absolute atomic E-state index is 0.0998. The minimum Gasteiger partial charge on any atom is -0.367 e. The molecule has 2 rings (SSSR count). The number of hydrogen-bond donors (Lipinski definition) is 1. The Balaban J connectivity index is 2.09. The number of aromatic nitrogens is 1. The van der Waals surface area contributed by atoms with E-state index < -0.39 is 4.92 Å². The monoisotopic (exact) mass is 278 g/mol. The number of hydrogen-bond acceptors (Lipinski definition) is 5. The Bertz CT molecular complexity index is 441. The van der Waals surface area contributed by atoms with E-state index in [1.54, 1.807) is 12.3 Å². The molecule has 2 heterocycles. The summed E-state index contributed by atoms with van der Waals surface area (Å²) in [6.07, 6.45) is 4.02. The third-order valence-corrected chi connectivity index (χ3v) is 3.47. The molecule has 1 aromatic heterocycles. The van der Waals surface area contributed by atoms with Gasteiger partial charge in [0.05, 0.1) is 5.69 Å². The van der Waals surface area contributed by atoms with Gasteiger partial charge in [-0.1, -0.05) is 13.8 Å². The number of nitrogens with zero attached hydrogens (tertiary/aromatic N) is 3. The number of nitro groups is 1. The van der Waals surface area contributed by atoms with Gasteiger partial charge in [0.2, 0.25) is 0 Å². The van der Waals surface area contributed by atoms with Crippen LogP contribution < -0.4 is 10.2 Å². The zero-order chi connectivity index (χ0) is 14.5. The van der Waals surface area contributed by atoms with E-state index in [4.69, 9.17) is 0 Å². The van der Waals surface area contributed by atoms with Crippen molar-refractivity contribution in [3.63, 3.8) is 0 Å². The summed E-state index contributed by atoms with van der Waals surface area (Å²) >= 11 is 0. The Kier molecular flexibility index (Phi) is 4.89. The molecule has 110 valence electrons. The van der Waals surface area contributed by atoms with Crippen LogP contribution in [0.1, 0.15) is 26.7 Å². The van der Waals surface area contributed by atoms with E-state index in [2.05, 4.69) is 29.0 Å². The van der Waals surface area contributed by atoms with Gasteiger partial charge in [0.1, 0.15) is 0 Å². The molecular weight excluding hydrogens is 256 g/mol. The van der Waals surface area contributed by atoms with Crippen molar-refractivity contribution in [3.05, 3.63) is 28.4 Å². The Labute approximate surface area is 119 Å². The molecule has 0 spiro atoms. The van der Waals surface area contributed by atoms with Crippen molar-refractivity contribution in [2.24, 2.45) is 5.92 Å². The van der Waals surface area contributed by atoms with E-state index in [0.717, 1.165) is 25.3 Å². The van der Waals surface area contributed by atoms with Gasteiger partial charge in [-0.05, 0) is 41.3 Å². The Hall–Kier alpha value is -1.69. The topological polar surface area (TPSA) is 71.3 Å². The second-order valence-electron chi connectivity index (χ2n) is 5.72. The number of pyridine rings is 1. The standard InChI is InChI=1S/C14H22N4O2/c1-11(2)9-17(10-12-4-3-7-15-12)13-5-6-14(16-8-13)18(19)20/h5-6,8,11-12,15H,3-4,7,9-10H2,1-2H3. The molecule has 6 heteroatoms. The minimum atomic E-state index is -0.463. The maximum absolute atomic E-state index is 10.7. The maximum atomic E-state index is 10.7. The van der Waals surface area contributed by atoms with Crippen molar-refractivity contribution in [2.75, 3.05) is 24.5 Å². The van der Waals surface area contributed by atoms with Crippen LogP contribution in [0.4, 0.5) is 11.5 Å². The van der Waals surface area contributed by atoms with Crippen LogP contribution >= 0.6 is 0 Å². The summed E-state index contributed by atoms with van der Waals surface area (Å²) in [5, 5.41) is 14.1. The zero-order valence-corrected chi connectivity index (χ0v) is 12.1. The van der Waals surface area contributed by atoms with Gasteiger partial charge in [-0.25, -0.2) is 0 Å². The normalized spacial score (nSPS) is 18.4. The van der Waals surface area contributed by atoms with E-state index >= 15 is 0 Å². The predicted molar refractivity (Wildman–Crippen MR) is 79.0 cm³/mol. The fourth-order valence-corrected chi connectivity index (χ4v) is 2.58. The summed E-state index contributed by atoms with van der Waals surface area (Å²) < 4.78 is 0. The lowest BCUT2D eigenvalue weighted by molar-refractivity contribution is -0.389. The van der Waals surface area contributed by atoms with Crippen LogP contribution in [-0.2, 0) is 0 Å². The van der Waals surface area contributed by atoms with Crippen molar-refractivity contribution in [1.29, 1.82) is 0 Å². The Morgan fingerprint density at radius 3 is 2.85 bits per heavy atom. The first-order valence-corrected chi connectivity index (χ1v) is 7.15. The average molecular weight is 278 g/mol. The second-order valence-corrected chi connectivity index (χ2v) is 5.72. The van der Waals surface area contributed by atoms with E-state index in [-0.39, 0.29) is 5.82 Å². The molecule has 0 aliphatic carbocycles. The molecule has 1 aliphatic rings. The first-order chi connectivity index (χ1) is 9.56. The van der Waals surface area contributed by atoms with Gasteiger partial charge >= 0.3 is 5.82 Å². The highest BCUT2D eigenvalue weighted by Gasteiger charge is 2.20. The molecule has 1 atom stereocenters. The average Bonchev–Trinajstić information content (AvgIpc) is 2.90. The number of anilines is 1. The molecule has 20 heavy (non-hydrogen) atoms. The van der Waals surface area contributed by atoms with Gasteiger partial charge in [0, 0.05) is 25.2 Å². The Morgan fingerprint density at radius 1 is 1.55 bits per heavy atom. The van der Waals surface area contributed by atoms with Crippen molar-refractivity contribution >= 4 is 11.5 Å². The molecule has 0 radical (unpaired) electrons. The molecule has 1 saturated heterocycles. The van der Waals surface area contributed by atoms with E-state index in [9.17, 15) is 10.1 Å². The lowest BCUT2D eigenvalue weighted by atomic mass is 10.1. The summed E-state index contributed by atoms with van der Waals surface area (Å²) in [6.45, 7) is 7.29. The van der Waals surface area contributed by atoms with Crippen LogP contribution in [0.15, 0.2) is 18.3 Å². The van der Waals surface area contributed by atoms with Gasteiger partial charge in [-0.15, -0.1) is 0 Å². The molecule has 6 nitrogen and oxygen atoms in total. The van der Waals surface area contributed by atoms with Crippen molar-refractivity contribution in [3.8, 4) is 0 Å². The quantitative estimate of drug-likeness (QED) is 0.638. The molecular formula is C14H22N4O2. The summed E-state index contributed by atoms with van der Waals surface area (Å²) in [5.41, 5.74) is 0.956. The van der Waals surface area contributed by atoms with Gasteiger partial charge in [0.25, 0.3) is 0 Å². The fraction of sp³-hybridized carbons (Fsp3) is 0.643. The SMILES string of the molecule is CC(C)CN(CC1CCCN1)c1ccc([N+](=O)[O-])nc1. The van der Waals surface area contributed by atoms with Crippen LogP contribution in [-0.4, -0.2) is 35.6 Å². The predicted octanol–water partition coefficient (Wildman–Crippen LogP) is 2.20. The van der Waals surface area contributed by atoms with Gasteiger partial charge in [-0.2, -0.15) is 0 Å².